The number of hydrogen-bond donors (Lipinski definition) is 2. The van der Waals surface area contributed by atoms with Crippen LogP contribution in [0.4, 0.5) is 0 Å². The van der Waals surface area contributed by atoms with Crippen LogP contribution in [0.1, 0.15) is 5.56 Å². The van der Waals surface area contributed by atoms with E-state index in [4.69, 9.17) is 0 Å². The third-order valence-corrected chi connectivity index (χ3v) is 5.76. The first-order valence-corrected chi connectivity index (χ1v) is 10.2. The number of nitrogens with zero attached hydrogens (tertiary/aromatic N) is 4. The summed E-state index contributed by atoms with van der Waals surface area (Å²) in [6.07, 6.45) is 3.43. The Morgan fingerprint density at radius 3 is 2.60 bits per heavy atom. The number of rotatable bonds is 4. The van der Waals surface area contributed by atoms with Crippen molar-refractivity contribution < 1.29 is 0 Å². The number of aromatic amines is 2. The van der Waals surface area contributed by atoms with E-state index in [0.29, 0.717) is 11.3 Å². The SMILES string of the molecule is CN1CCN(Cc2ccc3cc(-c4cc(-c5ccncc5)n[nH]c4=O)[nH]c3c2)CC1. The third-order valence-electron chi connectivity index (χ3n) is 5.76. The molecule has 2 N–H and O–H groups in total. The zero-order valence-corrected chi connectivity index (χ0v) is 16.9. The first-order valence-electron chi connectivity index (χ1n) is 10.2. The van der Waals surface area contributed by atoms with Crippen LogP contribution >= 0.6 is 0 Å². The van der Waals surface area contributed by atoms with Crippen molar-refractivity contribution in [1.82, 2.24) is 30.0 Å². The normalized spacial score (nSPS) is 15.6. The molecule has 0 atom stereocenters. The summed E-state index contributed by atoms with van der Waals surface area (Å²) in [4.78, 5) is 24.8. The molecule has 0 unspecified atom stereocenters. The minimum Gasteiger partial charge on any atom is -0.354 e. The Hall–Kier alpha value is -3.29. The highest BCUT2D eigenvalue weighted by molar-refractivity contribution is 5.86. The average molecular weight is 400 g/mol. The molecule has 1 aliphatic rings. The number of H-pyrrole nitrogens is 2. The Bertz CT molecular complexity index is 1220. The summed E-state index contributed by atoms with van der Waals surface area (Å²) in [5.41, 5.74) is 5.10. The fourth-order valence-corrected chi connectivity index (χ4v) is 3.96. The van der Waals surface area contributed by atoms with E-state index in [0.717, 1.165) is 54.9 Å². The summed E-state index contributed by atoms with van der Waals surface area (Å²) in [6, 6.07) is 14.1. The Labute approximate surface area is 174 Å². The average Bonchev–Trinajstić information content (AvgIpc) is 3.19. The third kappa shape index (κ3) is 3.77. The maximum Gasteiger partial charge on any atom is 0.273 e. The molecule has 5 rings (SSSR count). The first kappa shape index (κ1) is 18.7. The number of likely N-dealkylation sites (N-methyl/N-ethyl adjacent to an activating group) is 1. The topological polar surface area (TPSA) is 80.9 Å². The Balaban J connectivity index is 1.45. The lowest BCUT2D eigenvalue weighted by atomic mass is 10.1. The summed E-state index contributed by atoms with van der Waals surface area (Å²) in [5, 5.41) is 7.90. The van der Waals surface area contributed by atoms with Crippen molar-refractivity contribution in [3.63, 3.8) is 0 Å². The van der Waals surface area contributed by atoms with Crippen LogP contribution < -0.4 is 5.56 Å². The van der Waals surface area contributed by atoms with Gasteiger partial charge >= 0.3 is 0 Å². The van der Waals surface area contributed by atoms with Gasteiger partial charge in [0.05, 0.1) is 17.0 Å². The fourth-order valence-electron chi connectivity index (χ4n) is 3.96. The molecule has 1 fully saturated rings. The van der Waals surface area contributed by atoms with Crippen molar-refractivity contribution in [1.29, 1.82) is 0 Å². The second-order valence-electron chi connectivity index (χ2n) is 7.92. The Morgan fingerprint density at radius 1 is 1.00 bits per heavy atom. The summed E-state index contributed by atoms with van der Waals surface area (Å²) < 4.78 is 0. The first-order chi connectivity index (χ1) is 14.7. The Kier molecular flexibility index (Phi) is 4.90. The van der Waals surface area contributed by atoms with Gasteiger partial charge in [-0.05, 0) is 42.9 Å². The van der Waals surface area contributed by atoms with Crippen LogP contribution in [0.2, 0.25) is 0 Å². The number of nitrogens with one attached hydrogen (secondary N) is 2. The van der Waals surface area contributed by atoms with E-state index in [2.05, 4.69) is 55.2 Å². The summed E-state index contributed by atoms with van der Waals surface area (Å²) >= 11 is 0. The van der Waals surface area contributed by atoms with Gasteiger partial charge in [-0.25, -0.2) is 5.10 Å². The van der Waals surface area contributed by atoms with Gasteiger partial charge in [-0.2, -0.15) is 5.10 Å². The van der Waals surface area contributed by atoms with Crippen LogP contribution in [0, 0.1) is 0 Å². The van der Waals surface area contributed by atoms with Gasteiger partial charge in [0, 0.05) is 61.6 Å². The smallest absolute Gasteiger partial charge is 0.273 e. The lowest BCUT2D eigenvalue weighted by molar-refractivity contribution is 0.148. The lowest BCUT2D eigenvalue weighted by Gasteiger charge is -2.32. The zero-order chi connectivity index (χ0) is 20.5. The predicted molar refractivity (Wildman–Crippen MR) is 118 cm³/mol. The van der Waals surface area contributed by atoms with Crippen molar-refractivity contribution in [2.24, 2.45) is 0 Å². The van der Waals surface area contributed by atoms with Crippen LogP contribution in [0.3, 0.4) is 0 Å². The standard InChI is InChI=1S/C23H24N6O/c1-28-8-10-29(11-9-28)15-16-2-3-18-13-22(25-20(18)12-16)19-14-21(26-27-23(19)30)17-4-6-24-7-5-17/h2-7,12-14,25H,8-11,15H2,1H3,(H,27,30). The van der Waals surface area contributed by atoms with Crippen LogP contribution in [-0.4, -0.2) is 63.2 Å². The monoisotopic (exact) mass is 400 g/mol. The fraction of sp³-hybridized carbons (Fsp3) is 0.261. The highest BCUT2D eigenvalue weighted by atomic mass is 16.1. The van der Waals surface area contributed by atoms with Crippen molar-refractivity contribution in [3.8, 4) is 22.5 Å². The van der Waals surface area contributed by atoms with E-state index in [1.807, 2.05) is 24.3 Å². The molecule has 0 amide bonds. The van der Waals surface area contributed by atoms with Gasteiger partial charge in [-0.15, -0.1) is 0 Å². The molecule has 30 heavy (non-hydrogen) atoms. The van der Waals surface area contributed by atoms with Crippen LogP contribution in [-0.2, 0) is 6.54 Å². The van der Waals surface area contributed by atoms with Gasteiger partial charge in [0.25, 0.3) is 5.56 Å². The number of fused-ring (bicyclic) bond motifs is 1. The molecule has 0 saturated carbocycles. The van der Waals surface area contributed by atoms with Gasteiger partial charge in [0.2, 0.25) is 0 Å². The minimum absolute atomic E-state index is 0.211. The molecule has 0 radical (unpaired) electrons. The van der Waals surface area contributed by atoms with Crippen molar-refractivity contribution in [2.75, 3.05) is 33.2 Å². The van der Waals surface area contributed by atoms with Crippen LogP contribution in [0.5, 0.6) is 0 Å². The van der Waals surface area contributed by atoms with Crippen molar-refractivity contribution in [3.05, 3.63) is 70.8 Å². The maximum absolute atomic E-state index is 12.5. The minimum atomic E-state index is -0.211. The lowest BCUT2D eigenvalue weighted by Crippen LogP contribution is -2.43. The van der Waals surface area contributed by atoms with Gasteiger partial charge in [-0.3, -0.25) is 14.7 Å². The molecule has 1 saturated heterocycles. The molecule has 7 heteroatoms. The van der Waals surface area contributed by atoms with Gasteiger partial charge < -0.3 is 9.88 Å². The highest BCUT2D eigenvalue weighted by Crippen LogP contribution is 2.25. The molecular formula is C23H24N6O. The van der Waals surface area contributed by atoms with Crippen molar-refractivity contribution in [2.45, 2.75) is 6.54 Å². The second-order valence-corrected chi connectivity index (χ2v) is 7.92. The quantitative estimate of drug-likeness (QED) is 0.551. The van der Waals surface area contributed by atoms with E-state index in [1.54, 1.807) is 12.4 Å². The van der Waals surface area contributed by atoms with Gasteiger partial charge in [-0.1, -0.05) is 12.1 Å². The maximum atomic E-state index is 12.5. The second kappa shape index (κ2) is 7.85. The van der Waals surface area contributed by atoms with Crippen LogP contribution in [0.25, 0.3) is 33.4 Å². The van der Waals surface area contributed by atoms with E-state index < -0.39 is 0 Å². The van der Waals surface area contributed by atoms with E-state index in [9.17, 15) is 4.79 Å². The molecule has 1 aliphatic heterocycles. The number of benzene rings is 1. The molecule has 152 valence electrons. The summed E-state index contributed by atoms with van der Waals surface area (Å²) in [5.74, 6) is 0. The molecule has 4 aromatic rings. The predicted octanol–water partition coefficient (Wildman–Crippen LogP) is 2.73. The Morgan fingerprint density at radius 2 is 1.80 bits per heavy atom. The highest BCUT2D eigenvalue weighted by Gasteiger charge is 2.15. The zero-order valence-electron chi connectivity index (χ0n) is 16.9. The molecule has 0 aliphatic carbocycles. The molecule has 0 spiro atoms. The van der Waals surface area contributed by atoms with Gasteiger partial charge in [0.15, 0.2) is 0 Å². The largest absolute Gasteiger partial charge is 0.354 e. The van der Waals surface area contributed by atoms with Gasteiger partial charge in [0.1, 0.15) is 0 Å². The number of aromatic nitrogens is 4. The molecule has 1 aromatic carbocycles. The van der Waals surface area contributed by atoms with E-state index in [-0.39, 0.29) is 5.56 Å². The van der Waals surface area contributed by atoms with Crippen molar-refractivity contribution >= 4 is 10.9 Å². The van der Waals surface area contributed by atoms with E-state index >= 15 is 0 Å². The molecule has 7 nitrogen and oxygen atoms in total. The molecule has 3 aromatic heterocycles. The number of pyridine rings is 1. The molecule has 4 heterocycles. The van der Waals surface area contributed by atoms with Crippen LogP contribution in [0.15, 0.2) is 59.7 Å². The molecule has 0 bridgehead atoms. The number of hydrogen-bond acceptors (Lipinski definition) is 5. The molecular weight excluding hydrogens is 376 g/mol. The van der Waals surface area contributed by atoms with E-state index in [1.165, 1.54) is 5.56 Å². The number of piperazine rings is 1. The summed E-state index contributed by atoms with van der Waals surface area (Å²) in [6.45, 7) is 5.35. The summed E-state index contributed by atoms with van der Waals surface area (Å²) in [7, 11) is 2.17.